The molecule has 0 N–H and O–H groups in total. The minimum atomic E-state index is -0.447. The number of aromatic nitrogens is 2. The Morgan fingerprint density at radius 2 is 1.90 bits per heavy atom. The molecule has 10 nitrogen and oxygen atoms in total. The predicted molar refractivity (Wildman–Crippen MR) is 112 cm³/mol. The number of benzene rings is 1. The van der Waals surface area contributed by atoms with E-state index in [0.717, 1.165) is 17.7 Å². The number of piperazine rings is 1. The first-order valence-electron chi connectivity index (χ1n) is 9.85. The molecular formula is C20H22ClN6O4+. The summed E-state index contributed by atoms with van der Waals surface area (Å²) in [4.78, 5) is 47.5. The summed E-state index contributed by atoms with van der Waals surface area (Å²) in [5, 5.41) is 0.681. The number of carbonyl (C=O) groups excluding carboxylic acids is 1. The van der Waals surface area contributed by atoms with E-state index in [1.165, 1.54) is 11.6 Å². The number of ether oxygens (including phenoxy) is 1. The zero-order chi connectivity index (χ0) is 22.1. The Balaban J connectivity index is 1.37. The van der Waals surface area contributed by atoms with Crippen molar-refractivity contribution < 1.29 is 14.1 Å². The fourth-order valence-electron chi connectivity index (χ4n) is 3.54. The van der Waals surface area contributed by atoms with Crippen LogP contribution in [0.4, 0.5) is 0 Å². The molecule has 0 saturated carbocycles. The molecule has 0 atom stereocenters. The Hall–Kier alpha value is -3.11. The van der Waals surface area contributed by atoms with Crippen LogP contribution in [0.2, 0.25) is 5.02 Å². The van der Waals surface area contributed by atoms with Gasteiger partial charge in [-0.15, -0.1) is 0 Å². The van der Waals surface area contributed by atoms with Gasteiger partial charge in [-0.3, -0.25) is 23.4 Å². The molecule has 1 fully saturated rings. The summed E-state index contributed by atoms with van der Waals surface area (Å²) in [6, 6.07) is 6.66. The maximum atomic E-state index is 12.3. The molecule has 31 heavy (non-hydrogen) atoms. The zero-order valence-corrected chi connectivity index (χ0v) is 18.0. The van der Waals surface area contributed by atoms with Crippen LogP contribution in [0.15, 0.2) is 43.8 Å². The van der Waals surface area contributed by atoms with Gasteiger partial charge in [-0.2, -0.15) is 0 Å². The molecule has 2 aromatic rings. The summed E-state index contributed by atoms with van der Waals surface area (Å²) in [5.74, 6) is 0.0468. The number of hydrogen-bond acceptors (Lipinski definition) is 5. The van der Waals surface area contributed by atoms with Crippen molar-refractivity contribution in [3.8, 4) is 0 Å². The van der Waals surface area contributed by atoms with Crippen LogP contribution in [0.1, 0.15) is 10.4 Å². The number of esters is 1. The van der Waals surface area contributed by atoms with Crippen molar-refractivity contribution in [2.24, 2.45) is 24.1 Å². The van der Waals surface area contributed by atoms with E-state index in [1.54, 1.807) is 31.3 Å². The largest absolute Gasteiger partial charge is 0.461 e. The Bertz CT molecular complexity index is 1320. The summed E-state index contributed by atoms with van der Waals surface area (Å²) >= 11 is 5.90. The molecule has 0 unspecified atom stereocenters. The van der Waals surface area contributed by atoms with E-state index >= 15 is 0 Å². The molecule has 4 rings (SSSR count). The Morgan fingerprint density at radius 3 is 2.61 bits per heavy atom. The Kier molecular flexibility index (Phi) is 5.84. The van der Waals surface area contributed by atoms with Gasteiger partial charge in [0.25, 0.3) is 10.8 Å². The van der Waals surface area contributed by atoms with E-state index in [1.807, 2.05) is 4.58 Å². The minimum Gasteiger partial charge on any atom is -0.461 e. The maximum absolute atomic E-state index is 12.3. The molecule has 2 aliphatic heterocycles. The van der Waals surface area contributed by atoms with Crippen LogP contribution in [0.3, 0.4) is 0 Å². The van der Waals surface area contributed by atoms with Crippen LogP contribution in [0.25, 0.3) is 0 Å². The number of fused-ring (bicyclic) bond motifs is 1. The van der Waals surface area contributed by atoms with Gasteiger partial charge in [0.1, 0.15) is 6.61 Å². The lowest BCUT2D eigenvalue weighted by atomic mass is 10.2. The van der Waals surface area contributed by atoms with Crippen molar-refractivity contribution in [3.05, 3.63) is 66.5 Å². The number of nitrogens with zero attached hydrogens (tertiary/aromatic N) is 6. The van der Waals surface area contributed by atoms with Gasteiger partial charge in [0.05, 0.1) is 18.7 Å². The Labute approximate surface area is 182 Å². The molecule has 0 bridgehead atoms. The SMILES string of the molecule is Cn1c(=O)c2c(n(C)c1=O)=NC(=[N+]1CCN(CCOC(=O)c3cccc(Cl)c3)CC1)N=2. The maximum Gasteiger partial charge on any atom is 0.431 e. The van der Waals surface area contributed by atoms with Gasteiger partial charge in [-0.1, -0.05) is 22.7 Å². The first-order valence-corrected chi connectivity index (χ1v) is 10.2. The minimum absolute atomic E-state index is 0.190. The van der Waals surface area contributed by atoms with Crippen molar-refractivity contribution in [3.63, 3.8) is 0 Å². The normalized spacial score (nSPS) is 16.0. The summed E-state index contributed by atoms with van der Waals surface area (Å²) in [6.45, 7) is 3.67. The molecule has 0 radical (unpaired) electrons. The third kappa shape index (κ3) is 4.21. The van der Waals surface area contributed by atoms with E-state index < -0.39 is 17.2 Å². The highest BCUT2D eigenvalue weighted by molar-refractivity contribution is 6.30. The van der Waals surface area contributed by atoms with Crippen LogP contribution in [-0.2, 0) is 18.8 Å². The van der Waals surface area contributed by atoms with Gasteiger partial charge in [0, 0.05) is 38.8 Å². The number of carbonyl (C=O) groups is 1. The van der Waals surface area contributed by atoms with Gasteiger partial charge in [0.2, 0.25) is 0 Å². The second kappa shape index (κ2) is 8.56. The lowest BCUT2D eigenvalue weighted by molar-refractivity contribution is -0.541. The highest BCUT2D eigenvalue weighted by Gasteiger charge is 2.27. The van der Waals surface area contributed by atoms with Crippen LogP contribution >= 0.6 is 11.6 Å². The van der Waals surface area contributed by atoms with Gasteiger partial charge < -0.3 is 4.74 Å². The average molecular weight is 446 g/mol. The molecule has 0 aliphatic carbocycles. The molecule has 0 spiro atoms. The topological polar surface area (TPSA) is 101 Å². The lowest BCUT2D eigenvalue weighted by Gasteiger charge is -2.27. The third-order valence-corrected chi connectivity index (χ3v) is 5.62. The predicted octanol–water partition coefficient (Wildman–Crippen LogP) is -1.47. The van der Waals surface area contributed by atoms with Crippen LogP contribution in [-0.4, -0.2) is 69.9 Å². The molecule has 0 amide bonds. The van der Waals surface area contributed by atoms with Crippen LogP contribution in [0.5, 0.6) is 0 Å². The Morgan fingerprint density at radius 1 is 1.16 bits per heavy atom. The highest BCUT2D eigenvalue weighted by Crippen LogP contribution is 2.11. The van der Waals surface area contributed by atoms with E-state index in [-0.39, 0.29) is 12.0 Å². The number of halogens is 1. The second-order valence-electron chi connectivity index (χ2n) is 7.38. The molecule has 2 aliphatic rings. The molecule has 11 heteroatoms. The van der Waals surface area contributed by atoms with Crippen molar-refractivity contribution in [2.75, 3.05) is 39.3 Å². The molecule has 1 aromatic heterocycles. The van der Waals surface area contributed by atoms with Crippen molar-refractivity contribution in [1.82, 2.24) is 14.0 Å². The van der Waals surface area contributed by atoms with Crippen LogP contribution in [0, 0.1) is 0 Å². The van der Waals surface area contributed by atoms with Crippen molar-refractivity contribution >= 4 is 23.5 Å². The number of hydrogen-bond donors (Lipinski definition) is 0. The van der Waals surface area contributed by atoms with Gasteiger partial charge >= 0.3 is 23.2 Å². The summed E-state index contributed by atoms with van der Waals surface area (Å²) in [6.07, 6.45) is 0. The van der Waals surface area contributed by atoms with Crippen molar-refractivity contribution in [1.29, 1.82) is 0 Å². The van der Waals surface area contributed by atoms with Gasteiger partial charge in [-0.25, -0.2) is 9.59 Å². The summed E-state index contributed by atoms with van der Waals surface area (Å²) in [5.41, 5.74) is -0.158. The quantitative estimate of drug-likeness (QED) is 0.422. The van der Waals surface area contributed by atoms with Gasteiger partial charge in [-0.05, 0) is 23.2 Å². The third-order valence-electron chi connectivity index (χ3n) is 5.38. The smallest absolute Gasteiger partial charge is 0.431 e. The van der Waals surface area contributed by atoms with Gasteiger partial charge in [0.15, 0.2) is 0 Å². The fourth-order valence-corrected chi connectivity index (χ4v) is 3.73. The lowest BCUT2D eigenvalue weighted by Crippen LogP contribution is -2.55. The molecule has 1 aromatic carbocycles. The standard InChI is InChI=1S/C20H22ClN6O4/c1-24-16-15(17(28)25(2)20(24)30)22-19(23-16)27-8-6-26(7-9-27)10-11-31-18(29)13-4-3-5-14(21)12-13/h3-5,12H,6-11H2,1-2H3/q+1. The van der Waals surface area contributed by atoms with Crippen molar-refractivity contribution in [2.45, 2.75) is 0 Å². The fraction of sp³-hybridized carbons (Fsp3) is 0.400. The average Bonchev–Trinajstić information content (AvgIpc) is 3.22. The van der Waals surface area contributed by atoms with E-state index in [4.69, 9.17) is 16.3 Å². The monoisotopic (exact) mass is 445 g/mol. The molecule has 162 valence electrons. The van der Waals surface area contributed by atoms with E-state index in [2.05, 4.69) is 14.9 Å². The zero-order valence-electron chi connectivity index (χ0n) is 17.2. The first kappa shape index (κ1) is 21.1. The van der Waals surface area contributed by atoms with E-state index in [0.29, 0.717) is 41.7 Å². The summed E-state index contributed by atoms with van der Waals surface area (Å²) in [7, 11) is 3.00. The first-order chi connectivity index (χ1) is 14.8. The van der Waals surface area contributed by atoms with E-state index in [9.17, 15) is 14.4 Å². The highest BCUT2D eigenvalue weighted by atomic mass is 35.5. The second-order valence-corrected chi connectivity index (χ2v) is 7.81. The number of rotatable bonds is 4. The van der Waals surface area contributed by atoms with Crippen LogP contribution < -0.4 is 22.1 Å². The molecular weight excluding hydrogens is 424 g/mol. The number of guanidine groups is 1. The summed E-state index contributed by atoms with van der Waals surface area (Å²) < 4.78 is 9.69. The molecule has 1 saturated heterocycles. The molecule has 3 heterocycles.